The highest BCUT2D eigenvalue weighted by Crippen LogP contribution is 2.23. The van der Waals surface area contributed by atoms with Crippen molar-refractivity contribution < 1.29 is 0 Å². The van der Waals surface area contributed by atoms with E-state index in [9.17, 15) is 0 Å². The molecule has 1 N–H and O–H groups in total. The Bertz CT molecular complexity index is 246. The van der Waals surface area contributed by atoms with E-state index < -0.39 is 0 Å². The van der Waals surface area contributed by atoms with Crippen LogP contribution in [0.3, 0.4) is 0 Å². The molecule has 1 nitrogen and oxygen atoms in total. The van der Waals surface area contributed by atoms with Crippen molar-refractivity contribution in [1.29, 1.82) is 0 Å². The summed E-state index contributed by atoms with van der Waals surface area (Å²) in [6.07, 6.45) is 0. The van der Waals surface area contributed by atoms with Gasteiger partial charge < -0.3 is 4.72 Å². The average molecular weight is 181 g/mol. The van der Waals surface area contributed by atoms with Crippen LogP contribution in [0.1, 0.15) is 26.3 Å². The van der Waals surface area contributed by atoms with Crippen molar-refractivity contribution in [2.45, 2.75) is 26.2 Å². The Kier molecular flexibility index (Phi) is 2.68. The molecule has 0 spiro atoms. The molecule has 2 heteroatoms. The molecule has 0 amide bonds. The van der Waals surface area contributed by atoms with Crippen LogP contribution in [0.25, 0.3) is 0 Å². The van der Waals surface area contributed by atoms with Crippen molar-refractivity contribution in [3.63, 3.8) is 0 Å². The monoisotopic (exact) mass is 181 g/mol. The molecular weight excluding hydrogens is 166 g/mol. The first kappa shape index (κ1) is 9.46. The topological polar surface area (TPSA) is 12.0 Å². The molecule has 0 aliphatic rings. The first-order valence-electron chi connectivity index (χ1n) is 4.04. The van der Waals surface area contributed by atoms with E-state index in [0.717, 1.165) is 5.69 Å². The van der Waals surface area contributed by atoms with Gasteiger partial charge in [-0.15, -0.1) is 0 Å². The smallest absolute Gasteiger partial charge is 0.0438 e. The highest BCUT2D eigenvalue weighted by atomic mass is 32.1. The van der Waals surface area contributed by atoms with E-state index in [-0.39, 0.29) is 5.41 Å². The Hall–Kier alpha value is -0.630. The van der Waals surface area contributed by atoms with E-state index >= 15 is 0 Å². The van der Waals surface area contributed by atoms with E-state index in [2.05, 4.69) is 50.4 Å². The minimum absolute atomic E-state index is 0.231. The van der Waals surface area contributed by atoms with Crippen molar-refractivity contribution in [3.8, 4) is 0 Å². The highest BCUT2D eigenvalue weighted by molar-refractivity contribution is 7.81. The third kappa shape index (κ3) is 2.18. The van der Waals surface area contributed by atoms with Gasteiger partial charge in [-0.05, 0) is 23.1 Å². The van der Waals surface area contributed by atoms with Crippen LogP contribution in [-0.2, 0) is 5.41 Å². The average Bonchev–Trinajstić information content (AvgIpc) is 2.03. The number of rotatable bonds is 1. The minimum atomic E-state index is 0.231. The minimum Gasteiger partial charge on any atom is -0.332 e. The summed E-state index contributed by atoms with van der Waals surface area (Å²) >= 11 is 3.97. The lowest BCUT2D eigenvalue weighted by Crippen LogP contribution is -2.10. The molecule has 0 aromatic heterocycles. The molecule has 1 aromatic rings. The van der Waals surface area contributed by atoms with Gasteiger partial charge in [0.25, 0.3) is 0 Å². The van der Waals surface area contributed by atoms with Crippen molar-refractivity contribution >= 4 is 18.5 Å². The van der Waals surface area contributed by atoms with Gasteiger partial charge >= 0.3 is 0 Å². The Morgan fingerprint density at radius 2 is 1.58 bits per heavy atom. The number of anilines is 1. The maximum absolute atomic E-state index is 3.97. The molecule has 1 aromatic carbocycles. The summed E-state index contributed by atoms with van der Waals surface area (Å²) in [7, 11) is 0. The fourth-order valence-corrected chi connectivity index (χ4v) is 1.19. The maximum Gasteiger partial charge on any atom is 0.0438 e. The zero-order valence-corrected chi connectivity index (χ0v) is 8.65. The quantitative estimate of drug-likeness (QED) is 0.634. The summed E-state index contributed by atoms with van der Waals surface area (Å²) in [5.41, 5.74) is 2.61. The molecule has 0 aliphatic heterocycles. The second kappa shape index (κ2) is 3.40. The predicted molar refractivity (Wildman–Crippen MR) is 57.8 cm³/mol. The molecule has 0 heterocycles. The SMILES string of the molecule is CC(C)(C)c1ccc(NS)cc1. The van der Waals surface area contributed by atoms with Crippen LogP contribution in [0.2, 0.25) is 0 Å². The molecule has 0 saturated carbocycles. The van der Waals surface area contributed by atoms with Crippen molar-refractivity contribution in [2.75, 3.05) is 4.72 Å². The summed E-state index contributed by atoms with van der Waals surface area (Å²) in [6, 6.07) is 8.32. The van der Waals surface area contributed by atoms with Gasteiger partial charge in [-0.1, -0.05) is 45.7 Å². The van der Waals surface area contributed by atoms with E-state index in [4.69, 9.17) is 0 Å². The second-order valence-corrected chi connectivity index (χ2v) is 4.16. The van der Waals surface area contributed by atoms with Crippen LogP contribution in [-0.4, -0.2) is 0 Å². The summed E-state index contributed by atoms with van der Waals surface area (Å²) < 4.78 is 2.80. The maximum atomic E-state index is 3.97. The molecule has 0 bridgehead atoms. The van der Waals surface area contributed by atoms with Crippen LogP contribution < -0.4 is 4.72 Å². The van der Waals surface area contributed by atoms with Crippen LogP contribution >= 0.6 is 12.8 Å². The molecule has 0 unspecified atom stereocenters. The van der Waals surface area contributed by atoms with E-state index in [1.54, 1.807) is 0 Å². The Morgan fingerprint density at radius 3 is 1.92 bits per heavy atom. The molecular formula is C10H15NS. The van der Waals surface area contributed by atoms with Gasteiger partial charge in [0, 0.05) is 5.69 Å². The lowest BCUT2D eigenvalue weighted by molar-refractivity contribution is 0.590. The third-order valence-corrected chi connectivity index (χ3v) is 2.14. The number of thiol groups is 1. The molecule has 12 heavy (non-hydrogen) atoms. The third-order valence-electron chi connectivity index (χ3n) is 1.88. The molecule has 66 valence electrons. The summed E-state index contributed by atoms with van der Waals surface area (Å²) in [4.78, 5) is 0. The number of benzene rings is 1. The molecule has 0 aliphatic carbocycles. The fraction of sp³-hybridized carbons (Fsp3) is 0.400. The second-order valence-electron chi connectivity index (χ2n) is 3.94. The van der Waals surface area contributed by atoms with Gasteiger partial charge in [0.05, 0.1) is 0 Å². The molecule has 0 fully saturated rings. The zero-order chi connectivity index (χ0) is 9.19. The molecule has 1 rings (SSSR count). The van der Waals surface area contributed by atoms with Gasteiger partial charge in [0.1, 0.15) is 0 Å². The highest BCUT2D eigenvalue weighted by Gasteiger charge is 2.12. The van der Waals surface area contributed by atoms with Gasteiger partial charge in [-0.25, -0.2) is 0 Å². The van der Waals surface area contributed by atoms with Gasteiger partial charge in [0.15, 0.2) is 0 Å². The van der Waals surface area contributed by atoms with Crippen LogP contribution in [0.4, 0.5) is 5.69 Å². The number of nitrogens with one attached hydrogen (secondary N) is 1. The lowest BCUT2D eigenvalue weighted by atomic mass is 9.87. The number of hydrogen-bond donors (Lipinski definition) is 2. The van der Waals surface area contributed by atoms with E-state index in [1.807, 2.05) is 12.1 Å². The first-order chi connectivity index (χ1) is 5.54. The van der Waals surface area contributed by atoms with Crippen molar-refractivity contribution in [3.05, 3.63) is 29.8 Å². The van der Waals surface area contributed by atoms with Crippen LogP contribution in [0.5, 0.6) is 0 Å². The zero-order valence-electron chi connectivity index (χ0n) is 7.76. The molecule has 0 atom stereocenters. The van der Waals surface area contributed by atoms with E-state index in [0.29, 0.717) is 0 Å². The van der Waals surface area contributed by atoms with Crippen LogP contribution in [0.15, 0.2) is 24.3 Å². The molecule has 0 saturated heterocycles. The fourth-order valence-electron chi connectivity index (χ4n) is 1.04. The lowest BCUT2D eigenvalue weighted by Gasteiger charge is -2.18. The molecule has 0 radical (unpaired) electrons. The van der Waals surface area contributed by atoms with Crippen molar-refractivity contribution in [1.82, 2.24) is 0 Å². The largest absolute Gasteiger partial charge is 0.332 e. The standard InChI is InChI=1S/C10H15NS/c1-10(2,3)8-4-6-9(11-12)7-5-8/h4-7,11-12H,1-3H3. The summed E-state index contributed by atoms with van der Waals surface area (Å²) in [5, 5.41) is 0. The predicted octanol–water partition coefficient (Wildman–Crippen LogP) is 3.24. The van der Waals surface area contributed by atoms with Crippen LogP contribution in [0, 0.1) is 0 Å². The number of hydrogen-bond acceptors (Lipinski definition) is 2. The first-order valence-corrected chi connectivity index (χ1v) is 4.49. The van der Waals surface area contributed by atoms with Crippen molar-refractivity contribution in [2.24, 2.45) is 0 Å². The summed E-state index contributed by atoms with van der Waals surface area (Å²) in [5.74, 6) is 0. The summed E-state index contributed by atoms with van der Waals surface area (Å²) in [6.45, 7) is 6.61. The van der Waals surface area contributed by atoms with Gasteiger partial charge in [-0.3, -0.25) is 0 Å². The Balaban J connectivity index is 2.93. The normalized spacial score (nSPS) is 11.3. The van der Waals surface area contributed by atoms with Gasteiger partial charge in [0.2, 0.25) is 0 Å². The van der Waals surface area contributed by atoms with E-state index in [1.165, 1.54) is 5.56 Å². The van der Waals surface area contributed by atoms with Gasteiger partial charge in [-0.2, -0.15) is 0 Å². The Morgan fingerprint density at radius 1 is 1.08 bits per heavy atom. The Labute approximate surface area is 79.7 Å².